The minimum Gasteiger partial charge on any atom is -0.252 e. The Kier molecular flexibility index (Phi) is 1.97. The third-order valence-electron chi connectivity index (χ3n) is 5.36. The smallest absolute Gasteiger partial charge is 0.153 e. The average Bonchev–Trinajstić information content (AvgIpc) is 2.84. The van der Waals surface area contributed by atoms with Crippen LogP contribution in [0.4, 0.5) is 5.69 Å². The molecule has 0 aromatic heterocycles. The van der Waals surface area contributed by atoms with Gasteiger partial charge in [-0.2, -0.15) is 0 Å². The van der Waals surface area contributed by atoms with Crippen LogP contribution in [0.25, 0.3) is 12.2 Å². The van der Waals surface area contributed by atoms with Crippen LogP contribution in [0.15, 0.2) is 53.8 Å². The van der Waals surface area contributed by atoms with Crippen LogP contribution < -0.4 is 4.48 Å². The van der Waals surface area contributed by atoms with Crippen LogP contribution in [0.5, 0.6) is 0 Å². The molecule has 0 amide bonds. The van der Waals surface area contributed by atoms with Gasteiger partial charge in [0.1, 0.15) is 11.7 Å². The van der Waals surface area contributed by atoms with Crippen molar-refractivity contribution in [3.05, 3.63) is 64.9 Å². The molecule has 0 N–H and O–H groups in total. The Balaban J connectivity index is 1.87. The fraction of sp³-hybridized carbons (Fsp3) is 0.263. The van der Waals surface area contributed by atoms with Crippen LogP contribution in [0.2, 0.25) is 0 Å². The van der Waals surface area contributed by atoms with Gasteiger partial charge in [0.25, 0.3) is 0 Å². The Morgan fingerprint density at radius 1 is 1.00 bits per heavy atom. The lowest BCUT2D eigenvalue weighted by atomic mass is 9.87. The fourth-order valence-corrected chi connectivity index (χ4v) is 4.62. The molecule has 1 aromatic rings. The van der Waals surface area contributed by atoms with Crippen LogP contribution in [-0.4, -0.2) is 12.6 Å². The average molecular weight is 260 g/mol. The van der Waals surface area contributed by atoms with Crippen molar-refractivity contribution < 1.29 is 0 Å². The summed E-state index contributed by atoms with van der Waals surface area (Å²) in [5, 5.41) is 0. The van der Waals surface area contributed by atoms with Crippen molar-refractivity contribution >= 4 is 17.8 Å². The van der Waals surface area contributed by atoms with E-state index in [2.05, 4.69) is 54.7 Å². The molecular weight excluding hydrogens is 242 g/mol. The van der Waals surface area contributed by atoms with Gasteiger partial charge in [-0.25, -0.2) is 0 Å². The highest BCUT2D eigenvalue weighted by Gasteiger charge is 2.52. The molecule has 2 atom stereocenters. The maximum absolute atomic E-state index is 2.47. The Labute approximate surface area is 119 Å². The quantitative estimate of drug-likeness (QED) is 0.606. The molecule has 5 rings (SSSR count). The Morgan fingerprint density at radius 3 is 2.85 bits per heavy atom. The van der Waals surface area contributed by atoms with E-state index in [-0.39, 0.29) is 0 Å². The van der Waals surface area contributed by atoms with Crippen LogP contribution in [0.3, 0.4) is 0 Å². The predicted octanol–water partition coefficient (Wildman–Crippen LogP) is 4.42. The van der Waals surface area contributed by atoms with Gasteiger partial charge in [-0.3, -0.25) is 4.48 Å². The zero-order valence-electron chi connectivity index (χ0n) is 11.5. The lowest BCUT2D eigenvalue weighted by Crippen LogP contribution is -2.58. The van der Waals surface area contributed by atoms with E-state index in [1.165, 1.54) is 42.5 Å². The summed E-state index contributed by atoms with van der Waals surface area (Å²) in [7, 11) is 0. The molecule has 3 heterocycles. The van der Waals surface area contributed by atoms with Gasteiger partial charge >= 0.3 is 0 Å². The number of hydrogen-bond donors (Lipinski definition) is 0. The van der Waals surface area contributed by atoms with Crippen molar-refractivity contribution in [2.24, 2.45) is 0 Å². The summed E-state index contributed by atoms with van der Waals surface area (Å²) < 4.78 is 1.10. The molecule has 0 radical (unpaired) electrons. The zero-order valence-corrected chi connectivity index (χ0v) is 11.5. The highest BCUT2D eigenvalue weighted by molar-refractivity contribution is 5.88. The molecule has 3 aliphatic heterocycles. The second-order valence-electron chi connectivity index (χ2n) is 6.30. The SMILES string of the molecule is C1=CC2=Cc3cccc4c3[N+]3(CCCCC3=C4)C2C=C1. The van der Waals surface area contributed by atoms with Crippen LogP contribution >= 0.6 is 0 Å². The number of nitrogens with zero attached hydrogens (tertiary/aromatic N) is 1. The maximum Gasteiger partial charge on any atom is 0.153 e. The van der Waals surface area contributed by atoms with Gasteiger partial charge in [0.2, 0.25) is 0 Å². The fourth-order valence-electron chi connectivity index (χ4n) is 4.62. The molecule has 2 unspecified atom stereocenters. The summed E-state index contributed by atoms with van der Waals surface area (Å²) in [6, 6.07) is 7.30. The summed E-state index contributed by atoms with van der Waals surface area (Å²) >= 11 is 0. The third-order valence-corrected chi connectivity index (χ3v) is 5.36. The minimum atomic E-state index is 0.502. The van der Waals surface area contributed by atoms with Crippen molar-refractivity contribution in [3.63, 3.8) is 0 Å². The van der Waals surface area contributed by atoms with Gasteiger partial charge < -0.3 is 0 Å². The van der Waals surface area contributed by atoms with E-state index in [9.17, 15) is 0 Å². The van der Waals surface area contributed by atoms with Crippen molar-refractivity contribution in [2.45, 2.75) is 25.3 Å². The van der Waals surface area contributed by atoms with Crippen LogP contribution in [-0.2, 0) is 0 Å². The number of rotatable bonds is 0. The molecule has 98 valence electrons. The first-order valence-corrected chi connectivity index (χ1v) is 7.68. The molecule has 1 saturated heterocycles. The second kappa shape index (κ2) is 3.62. The van der Waals surface area contributed by atoms with E-state index < -0.39 is 0 Å². The molecule has 0 bridgehead atoms. The molecular formula is C19H18N+. The number of quaternary nitrogens is 1. The molecule has 1 heteroatoms. The van der Waals surface area contributed by atoms with E-state index in [4.69, 9.17) is 0 Å². The highest BCUT2D eigenvalue weighted by Crippen LogP contribution is 2.53. The summed E-state index contributed by atoms with van der Waals surface area (Å²) in [4.78, 5) is 0. The number of piperidine rings is 1. The third kappa shape index (κ3) is 1.13. The van der Waals surface area contributed by atoms with E-state index in [0.717, 1.165) is 4.48 Å². The van der Waals surface area contributed by atoms with E-state index in [1.54, 1.807) is 11.4 Å². The Morgan fingerprint density at radius 2 is 1.90 bits per heavy atom. The summed E-state index contributed by atoms with van der Waals surface area (Å²) in [5.74, 6) is 0. The zero-order chi connectivity index (χ0) is 13.2. The van der Waals surface area contributed by atoms with Crippen molar-refractivity contribution in [3.8, 4) is 0 Å². The van der Waals surface area contributed by atoms with Gasteiger partial charge in [-0.05, 0) is 37.1 Å². The Hall–Kier alpha value is -1.86. The number of allylic oxidation sites excluding steroid dienone is 3. The van der Waals surface area contributed by atoms with Crippen molar-refractivity contribution in [1.29, 1.82) is 0 Å². The summed E-state index contributed by atoms with van der Waals surface area (Å²) in [5.41, 5.74) is 7.57. The molecule has 4 aliphatic rings. The predicted molar refractivity (Wildman–Crippen MR) is 85.0 cm³/mol. The van der Waals surface area contributed by atoms with Gasteiger partial charge in [-0.15, -0.1) is 0 Å². The van der Waals surface area contributed by atoms with E-state index in [0.29, 0.717) is 6.04 Å². The first-order valence-electron chi connectivity index (χ1n) is 7.68. The first kappa shape index (κ1) is 10.9. The molecule has 0 saturated carbocycles. The molecule has 1 nitrogen and oxygen atoms in total. The molecule has 1 aromatic carbocycles. The second-order valence-corrected chi connectivity index (χ2v) is 6.30. The topological polar surface area (TPSA) is 0 Å². The molecule has 1 fully saturated rings. The largest absolute Gasteiger partial charge is 0.252 e. The van der Waals surface area contributed by atoms with Gasteiger partial charge in [0, 0.05) is 29.2 Å². The maximum atomic E-state index is 2.47. The standard InChI is InChI=1S/C19H18N/c1-2-10-18-14(6-1)12-15-7-5-8-16-13-17-9-3-4-11-20(17,18)19(15)16/h1-2,5-8,10,12-13,18H,3-4,9,11H2/q+1. The minimum absolute atomic E-state index is 0.502. The van der Waals surface area contributed by atoms with Crippen LogP contribution in [0.1, 0.15) is 30.4 Å². The van der Waals surface area contributed by atoms with Crippen molar-refractivity contribution in [2.75, 3.05) is 6.54 Å². The number of para-hydroxylation sites is 1. The van der Waals surface area contributed by atoms with Gasteiger partial charge in [-0.1, -0.05) is 24.3 Å². The molecule has 1 spiro atoms. The van der Waals surface area contributed by atoms with E-state index in [1.807, 2.05) is 0 Å². The highest BCUT2D eigenvalue weighted by atomic mass is 15.4. The molecule has 1 aliphatic carbocycles. The summed E-state index contributed by atoms with van der Waals surface area (Å²) in [6.07, 6.45) is 17.9. The monoisotopic (exact) mass is 260 g/mol. The lowest BCUT2D eigenvalue weighted by Gasteiger charge is -2.48. The first-order chi connectivity index (χ1) is 9.89. The van der Waals surface area contributed by atoms with Crippen molar-refractivity contribution in [1.82, 2.24) is 4.48 Å². The van der Waals surface area contributed by atoms with Gasteiger partial charge in [0.15, 0.2) is 5.69 Å². The normalized spacial score (nSPS) is 32.1. The number of benzene rings is 1. The van der Waals surface area contributed by atoms with E-state index >= 15 is 0 Å². The Bertz CT molecular complexity index is 732. The number of hydrogen-bond acceptors (Lipinski definition) is 0. The van der Waals surface area contributed by atoms with Gasteiger partial charge in [0.05, 0.1) is 6.54 Å². The van der Waals surface area contributed by atoms with Crippen LogP contribution in [0, 0.1) is 0 Å². The lowest BCUT2D eigenvalue weighted by molar-refractivity contribution is 0.274. The number of fused-ring (bicyclic) bond motifs is 1. The summed E-state index contributed by atoms with van der Waals surface area (Å²) in [6.45, 7) is 1.26. The molecule has 20 heavy (non-hydrogen) atoms.